The minimum Gasteiger partial charge on any atom is -0.273 e. The lowest BCUT2D eigenvalue weighted by molar-refractivity contribution is -0.129. The molecule has 5 heteroatoms. The summed E-state index contributed by atoms with van der Waals surface area (Å²) in [5, 5.41) is 0. The summed E-state index contributed by atoms with van der Waals surface area (Å²) in [6.07, 6.45) is 1.02. The summed E-state index contributed by atoms with van der Waals surface area (Å²) < 4.78 is 11.5. The molecule has 0 aliphatic rings. The molecule has 0 saturated carbocycles. The third-order valence-corrected chi connectivity index (χ3v) is 0.940. The molecule has 0 rings (SSSR count). The van der Waals surface area contributed by atoms with Gasteiger partial charge in [0.2, 0.25) is 5.91 Å². The van der Waals surface area contributed by atoms with E-state index in [1.54, 1.807) is 0 Å². The predicted molar refractivity (Wildman–Crippen MR) is 37.2 cm³/mol. The Hall–Kier alpha value is -1.13. The van der Waals surface area contributed by atoms with Gasteiger partial charge in [0.1, 0.15) is 0 Å². The second-order valence-electron chi connectivity index (χ2n) is 1.98. The van der Waals surface area contributed by atoms with Crippen molar-refractivity contribution in [2.75, 3.05) is 6.67 Å². The highest BCUT2D eigenvalue weighted by atomic mass is 19.1. The number of carbonyl (C=O) groups is 2. The Morgan fingerprint density at radius 3 is 2.27 bits per heavy atom. The maximum absolute atomic E-state index is 11.5. The van der Waals surface area contributed by atoms with E-state index < -0.39 is 12.6 Å². The van der Waals surface area contributed by atoms with Crippen LogP contribution in [0.5, 0.6) is 0 Å². The van der Waals surface area contributed by atoms with Crippen molar-refractivity contribution in [3.05, 3.63) is 0 Å². The van der Waals surface area contributed by atoms with Gasteiger partial charge in [-0.3, -0.25) is 20.4 Å². The fraction of sp³-hybridized carbons (Fsp3) is 0.667. The monoisotopic (exact) mass is 162 g/mol. The van der Waals surface area contributed by atoms with E-state index in [-0.39, 0.29) is 5.91 Å². The van der Waals surface area contributed by atoms with E-state index in [0.717, 1.165) is 0 Å². The molecule has 0 aromatic heterocycles. The number of hydrogen-bond acceptors (Lipinski definition) is 2. The Morgan fingerprint density at radius 1 is 1.27 bits per heavy atom. The molecule has 0 fully saturated rings. The van der Waals surface area contributed by atoms with Crippen LogP contribution in [0.4, 0.5) is 4.39 Å². The van der Waals surface area contributed by atoms with Crippen molar-refractivity contribution >= 4 is 11.8 Å². The third-order valence-electron chi connectivity index (χ3n) is 0.940. The van der Waals surface area contributed by atoms with Gasteiger partial charge in [-0.05, 0) is 6.42 Å². The van der Waals surface area contributed by atoms with Gasteiger partial charge in [-0.15, -0.1) is 0 Å². The normalized spacial score (nSPS) is 8.91. The largest absolute Gasteiger partial charge is 0.273 e. The number of rotatable bonds is 3. The van der Waals surface area contributed by atoms with Crippen LogP contribution in [0, 0.1) is 0 Å². The Kier molecular flexibility index (Phi) is 5.06. The number of amides is 2. The van der Waals surface area contributed by atoms with E-state index in [2.05, 4.69) is 5.43 Å². The number of carbonyl (C=O) groups excluding carboxylic acids is 2. The zero-order valence-electron chi connectivity index (χ0n) is 6.32. The van der Waals surface area contributed by atoms with Crippen molar-refractivity contribution < 1.29 is 14.0 Å². The van der Waals surface area contributed by atoms with Gasteiger partial charge in [0.25, 0.3) is 5.91 Å². The molecule has 11 heavy (non-hydrogen) atoms. The smallest absolute Gasteiger partial charge is 0.269 e. The van der Waals surface area contributed by atoms with Crippen LogP contribution in [0.25, 0.3) is 0 Å². The van der Waals surface area contributed by atoms with Gasteiger partial charge in [0.15, 0.2) is 6.67 Å². The molecule has 0 radical (unpaired) electrons. The van der Waals surface area contributed by atoms with Crippen LogP contribution < -0.4 is 10.9 Å². The number of alkyl halides is 1. The summed E-state index contributed by atoms with van der Waals surface area (Å²) in [5.41, 5.74) is 3.96. The van der Waals surface area contributed by atoms with Gasteiger partial charge in [0, 0.05) is 6.42 Å². The first-order valence-electron chi connectivity index (χ1n) is 3.34. The zero-order chi connectivity index (χ0) is 8.69. The second-order valence-corrected chi connectivity index (χ2v) is 1.98. The summed E-state index contributed by atoms with van der Waals surface area (Å²) in [6.45, 7) is 0.711. The van der Waals surface area contributed by atoms with Crippen molar-refractivity contribution in [2.45, 2.75) is 19.8 Å². The molecule has 2 N–H and O–H groups in total. The van der Waals surface area contributed by atoms with Crippen LogP contribution in [0.1, 0.15) is 19.8 Å². The van der Waals surface area contributed by atoms with Crippen molar-refractivity contribution in [2.24, 2.45) is 0 Å². The van der Waals surface area contributed by atoms with E-state index in [1.165, 1.54) is 0 Å². The first kappa shape index (κ1) is 9.87. The van der Waals surface area contributed by atoms with Gasteiger partial charge in [-0.1, -0.05) is 6.92 Å². The molecule has 64 valence electrons. The first-order chi connectivity index (χ1) is 5.20. The van der Waals surface area contributed by atoms with Crippen molar-refractivity contribution in [3.63, 3.8) is 0 Å². The first-order valence-corrected chi connectivity index (χ1v) is 3.34. The molecule has 0 heterocycles. The fourth-order valence-corrected chi connectivity index (χ4v) is 0.462. The van der Waals surface area contributed by atoms with Crippen LogP contribution >= 0.6 is 0 Å². The molecule has 2 amide bonds. The topological polar surface area (TPSA) is 58.2 Å². The molecule has 0 aliphatic heterocycles. The lowest BCUT2D eigenvalue weighted by atomic mass is 10.3. The minimum absolute atomic E-state index is 0.311. The van der Waals surface area contributed by atoms with Gasteiger partial charge >= 0.3 is 0 Å². The zero-order valence-corrected chi connectivity index (χ0v) is 6.32. The van der Waals surface area contributed by atoms with Gasteiger partial charge in [-0.25, -0.2) is 4.39 Å². The number of hydrazine groups is 1. The van der Waals surface area contributed by atoms with Gasteiger partial charge in [-0.2, -0.15) is 0 Å². The van der Waals surface area contributed by atoms with Crippen LogP contribution in [0.2, 0.25) is 0 Å². The van der Waals surface area contributed by atoms with E-state index in [0.29, 0.717) is 12.8 Å². The summed E-state index contributed by atoms with van der Waals surface area (Å²) in [4.78, 5) is 20.8. The molecule has 0 saturated heterocycles. The molecule has 0 spiro atoms. The van der Waals surface area contributed by atoms with E-state index >= 15 is 0 Å². The second kappa shape index (κ2) is 5.64. The molecular weight excluding hydrogens is 151 g/mol. The Bertz CT molecular complexity index is 150. The molecule has 0 aromatic carbocycles. The molecule has 0 aromatic rings. The molecule has 0 unspecified atom stereocenters. The lowest BCUT2D eigenvalue weighted by Gasteiger charge is -2.02. The molecule has 0 bridgehead atoms. The van der Waals surface area contributed by atoms with Crippen LogP contribution in [-0.4, -0.2) is 18.5 Å². The van der Waals surface area contributed by atoms with Crippen LogP contribution in [0.3, 0.4) is 0 Å². The van der Waals surface area contributed by atoms with E-state index in [1.807, 2.05) is 12.3 Å². The number of halogens is 1. The number of nitrogens with one attached hydrogen (secondary N) is 2. The standard InChI is InChI=1S/C6H11FN2O2/c1-2-3-5(10)8-9-6(11)4-7/h2-4H2,1H3,(H,8,10)(H,9,11). The van der Waals surface area contributed by atoms with Crippen molar-refractivity contribution in [3.8, 4) is 0 Å². The van der Waals surface area contributed by atoms with E-state index in [9.17, 15) is 14.0 Å². The van der Waals surface area contributed by atoms with Crippen molar-refractivity contribution in [1.29, 1.82) is 0 Å². The van der Waals surface area contributed by atoms with E-state index in [4.69, 9.17) is 0 Å². The van der Waals surface area contributed by atoms with Gasteiger partial charge in [0.05, 0.1) is 0 Å². The summed E-state index contributed by atoms with van der Waals surface area (Å²) >= 11 is 0. The number of hydrogen-bond donors (Lipinski definition) is 2. The highest BCUT2D eigenvalue weighted by molar-refractivity contribution is 5.82. The maximum atomic E-state index is 11.5. The highest BCUT2D eigenvalue weighted by Gasteiger charge is 2.01. The average Bonchev–Trinajstić information content (AvgIpc) is 2.01. The maximum Gasteiger partial charge on any atom is 0.269 e. The Labute approximate surface area is 64.1 Å². The fourth-order valence-electron chi connectivity index (χ4n) is 0.462. The summed E-state index contributed by atoms with van der Waals surface area (Å²) in [5.74, 6) is -1.15. The molecule has 0 atom stereocenters. The molecular formula is C6H11FN2O2. The van der Waals surface area contributed by atoms with Gasteiger partial charge < -0.3 is 0 Å². The minimum atomic E-state index is -1.12. The molecule has 4 nitrogen and oxygen atoms in total. The lowest BCUT2D eigenvalue weighted by Crippen LogP contribution is -2.42. The van der Waals surface area contributed by atoms with Crippen LogP contribution in [0.15, 0.2) is 0 Å². The van der Waals surface area contributed by atoms with Crippen LogP contribution in [-0.2, 0) is 9.59 Å². The van der Waals surface area contributed by atoms with Crippen molar-refractivity contribution in [1.82, 2.24) is 10.9 Å². The quantitative estimate of drug-likeness (QED) is 0.569. The Morgan fingerprint density at radius 2 is 1.82 bits per heavy atom. The molecule has 0 aliphatic carbocycles. The summed E-state index contributed by atoms with van der Waals surface area (Å²) in [7, 11) is 0. The third kappa shape index (κ3) is 5.32. The summed E-state index contributed by atoms with van der Waals surface area (Å²) in [6, 6.07) is 0. The predicted octanol–water partition coefficient (Wildman–Crippen LogP) is -0.0966. The Balaban J connectivity index is 3.38. The average molecular weight is 162 g/mol. The highest BCUT2D eigenvalue weighted by Crippen LogP contribution is 1.83. The SMILES string of the molecule is CCCC(=O)NNC(=O)CF.